The fourth-order valence-electron chi connectivity index (χ4n) is 4.51. The van der Waals surface area contributed by atoms with Crippen LogP contribution in [0.3, 0.4) is 0 Å². The molecule has 0 bridgehead atoms. The first kappa shape index (κ1) is 19.2. The molecular weight excluding hydrogens is 336 g/mol. The van der Waals surface area contributed by atoms with Crippen LogP contribution in [0.4, 0.5) is 0 Å². The molecule has 0 aromatic carbocycles. The Morgan fingerprint density at radius 1 is 1.40 bits per heavy atom. The van der Waals surface area contributed by atoms with Gasteiger partial charge in [0, 0.05) is 25.7 Å². The SMILES string of the molecule is CNCCN(C)Cc1c(Cl)ncn1C1CCC2(CC1)CC(C)(C)CO2. The van der Waals surface area contributed by atoms with Crippen LogP contribution in [0.2, 0.25) is 5.15 Å². The summed E-state index contributed by atoms with van der Waals surface area (Å²) >= 11 is 6.40. The number of halogens is 1. The Morgan fingerprint density at radius 2 is 2.12 bits per heavy atom. The molecule has 1 spiro atoms. The third-order valence-corrected chi connectivity index (χ3v) is 6.15. The van der Waals surface area contributed by atoms with Gasteiger partial charge < -0.3 is 14.6 Å². The predicted molar refractivity (Wildman–Crippen MR) is 102 cm³/mol. The molecule has 5 nitrogen and oxygen atoms in total. The molecule has 0 radical (unpaired) electrons. The molecule has 2 fully saturated rings. The van der Waals surface area contributed by atoms with E-state index in [1.54, 1.807) is 0 Å². The zero-order valence-electron chi connectivity index (χ0n) is 16.1. The second-order valence-electron chi connectivity index (χ2n) is 8.77. The van der Waals surface area contributed by atoms with E-state index in [1.165, 1.54) is 6.42 Å². The van der Waals surface area contributed by atoms with E-state index in [9.17, 15) is 0 Å². The number of ether oxygens (including phenoxy) is 1. The monoisotopic (exact) mass is 368 g/mol. The van der Waals surface area contributed by atoms with Crippen LogP contribution in [0.5, 0.6) is 0 Å². The maximum absolute atomic E-state index is 6.40. The Balaban J connectivity index is 1.64. The van der Waals surface area contributed by atoms with Crippen molar-refractivity contribution in [2.75, 3.05) is 33.8 Å². The Bertz CT molecular complexity index is 578. The molecule has 1 saturated carbocycles. The quantitative estimate of drug-likeness (QED) is 0.834. The first-order valence-electron chi connectivity index (χ1n) is 9.52. The van der Waals surface area contributed by atoms with Gasteiger partial charge in [-0.2, -0.15) is 0 Å². The third-order valence-electron chi connectivity index (χ3n) is 5.84. The van der Waals surface area contributed by atoms with E-state index < -0.39 is 0 Å². The Morgan fingerprint density at radius 3 is 2.72 bits per heavy atom. The van der Waals surface area contributed by atoms with Gasteiger partial charge in [0.05, 0.1) is 24.2 Å². The molecule has 0 unspecified atom stereocenters. The Labute approximate surface area is 157 Å². The summed E-state index contributed by atoms with van der Waals surface area (Å²) in [7, 11) is 4.12. The molecule has 2 aliphatic rings. The van der Waals surface area contributed by atoms with Crippen LogP contribution in [0.15, 0.2) is 6.33 Å². The lowest BCUT2D eigenvalue weighted by atomic mass is 9.75. The van der Waals surface area contributed by atoms with E-state index in [0.717, 1.165) is 57.6 Å². The number of aromatic nitrogens is 2. The van der Waals surface area contributed by atoms with E-state index in [0.29, 0.717) is 16.6 Å². The Hall–Kier alpha value is -0.620. The summed E-state index contributed by atoms with van der Waals surface area (Å²) in [5.41, 5.74) is 1.59. The molecule has 0 atom stereocenters. The normalized spacial score (nSPS) is 29.0. The van der Waals surface area contributed by atoms with Crippen molar-refractivity contribution in [1.82, 2.24) is 19.8 Å². The second-order valence-corrected chi connectivity index (χ2v) is 9.13. The lowest BCUT2D eigenvalue weighted by Crippen LogP contribution is -2.35. The van der Waals surface area contributed by atoms with E-state index in [4.69, 9.17) is 16.3 Å². The van der Waals surface area contributed by atoms with Crippen LogP contribution in [0, 0.1) is 5.41 Å². The summed E-state index contributed by atoms with van der Waals surface area (Å²) in [6, 6.07) is 0.491. The predicted octanol–water partition coefficient (Wildman–Crippen LogP) is 3.49. The van der Waals surface area contributed by atoms with Crippen LogP contribution in [-0.2, 0) is 11.3 Å². The fourth-order valence-corrected chi connectivity index (χ4v) is 4.71. The number of imidazole rings is 1. The van der Waals surface area contributed by atoms with Crippen molar-refractivity contribution >= 4 is 11.6 Å². The highest BCUT2D eigenvalue weighted by atomic mass is 35.5. The van der Waals surface area contributed by atoms with Crippen molar-refractivity contribution in [3.05, 3.63) is 17.2 Å². The molecular formula is C19H33ClN4O. The first-order chi connectivity index (χ1) is 11.8. The minimum absolute atomic E-state index is 0.119. The molecule has 25 heavy (non-hydrogen) atoms. The Kier molecular flexibility index (Phi) is 5.78. The van der Waals surface area contributed by atoms with E-state index >= 15 is 0 Å². The number of rotatable bonds is 6. The molecule has 1 aliphatic carbocycles. The molecule has 0 amide bonds. The highest BCUT2D eigenvalue weighted by molar-refractivity contribution is 6.30. The summed E-state index contributed by atoms with van der Waals surface area (Å²) < 4.78 is 8.58. The zero-order chi connectivity index (χ0) is 18.1. The fraction of sp³-hybridized carbons (Fsp3) is 0.842. The summed E-state index contributed by atoms with van der Waals surface area (Å²) in [5.74, 6) is 0. The van der Waals surface area contributed by atoms with Crippen molar-refractivity contribution in [1.29, 1.82) is 0 Å². The van der Waals surface area contributed by atoms with E-state index in [-0.39, 0.29) is 5.60 Å². The zero-order valence-corrected chi connectivity index (χ0v) is 16.9. The van der Waals surface area contributed by atoms with Gasteiger partial charge in [0.2, 0.25) is 0 Å². The second kappa shape index (κ2) is 7.55. The summed E-state index contributed by atoms with van der Waals surface area (Å²) in [5, 5.41) is 3.84. The molecule has 142 valence electrons. The van der Waals surface area contributed by atoms with Gasteiger partial charge in [0.15, 0.2) is 5.15 Å². The standard InChI is InChI=1S/C19H33ClN4O/c1-18(2)12-19(25-13-18)7-5-15(6-8-19)24-14-22-17(20)16(24)11-23(4)10-9-21-3/h14-15,21H,5-13H2,1-4H3. The average molecular weight is 369 g/mol. The number of hydrogen-bond donors (Lipinski definition) is 1. The van der Waals surface area contributed by atoms with Gasteiger partial charge >= 0.3 is 0 Å². The maximum atomic E-state index is 6.40. The molecule has 1 aliphatic heterocycles. The molecule has 1 aromatic rings. The first-order valence-corrected chi connectivity index (χ1v) is 9.90. The highest BCUT2D eigenvalue weighted by Crippen LogP contribution is 2.49. The average Bonchev–Trinajstić information content (AvgIpc) is 3.07. The van der Waals surface area contributed by atoms with E-state index in [2.05, 4.69) is 40.7 Å². The molecule has 2 heterocycles. The van der Waals surface area contributed by atoms with Crippen LogP contribution >= 0.6 is 11.6 Å². The molecule has 3 rings (SSSR count). The smallest absolute Gasteiger partial charge is 0.151 e. The van der Waals surface area contributed by atoms with Crippen molar-refractivity contribution < 1.29 is 4.74 Å². The third kappa shape index (κ3) is 4.38. The minimum atomic E-state index is 0.119. The summed E-state index contributed by atoms with van der Waals surface area (Å²) in [4.78, 5) is 6.69. The number of likely N-dealkylation sites (N-methyl/N-ethyl adjacent to an activating group) is 2. The number of nitrogens with one attached hydrogen (secondary N) is 1. The molecule has 1 N–H and O–H groups in total. The van der Waals surface area contributed by atoms with Crippen molar-refractivity contribution in [2.45, 2.75) is 64.1 Å². The lowest BCUT2D eigenvalue weighted by Gasteiger charge is -2.38. The van der Waals surface area contributed by atoms with Gasteiger partial charge in [-0.05, 0) is 51.6 Å². The molecule has 6 heteroatoms. The maximum Gasteiger partial charge on any atom is 0.151 e. The topological polar surface area (TPSA) is 42.3 Å². The van der Waals surface area contributed by atoms with Crippen LogP contribution in [0.25, 0.3) is 0 Å². The minimum Gasteiger partial charge on any atom is -0.374 e. The van der Waals surface area contributed by atoms with Crippen LogP contribution in [0.1, 0.15) is 57.7 Å². The number of hydrogen-bond acceptors (Lipinski definition) is 4. The lowest BCUT2D eigenvalue weighted by molar-refractivity contribution is -0.0344. The van der Waals surface area contributed by atoms with Gasteiger partial charge in [0.25, 0.3) is 0 Å². The highest BCUT2D eigenvalue weighted by Gasteiger charge is 2.46. The van der Waals surface area contributed by atoms with Crippen molar-refractivity contribution in [2.24, 2.45) is 5.41 Å². The number of nitrogens with zero attached hydrogens (tertiary/aromatic N) is 3. The van der Waals surface area contributed by atoms with Crippen LogP contribution in [-0.4, -0.2) is 53.8 Å². The summed E-state index contributed by atoms with van der Waals surface area (Å²) in [6.45, 7) is 8.35. The van der Waals surface area contributed by atoms with Gasteiger partial charge in [-0.25, -0.2) is 4.98 Å². The molecule has 1 aromatic heterocycles. The summed E-state index contributed by atoms with van der Waals surface area (Å²) in [6.07, 6.45) is 7.71. The van der Waals surface area contributed by atoms with Crippen molar-refractivity contribution in [3.63, 3.8) is 0 Å². The van der Waals surface area contributed by atoms with Crippen molar-refractivity contribution in [3.8, 4) is 0 Å². The van der Waals surface area contributed by atoms with Gasteiger partial charge in [0.1, 0.15) is 0 Å². The van der Waals surface area contributed by atoms with Gasteiger partial charge in [-0.1, -0.05) is 25.4 Å². The van der Waals surface area contributed by atoms with E-state index in [1.807, 2.05) is 13.4 Å². The largest absolute Gasteiger partial charge is 0.374 e. The van der Waals surface area contributed by atoms with Gasteiger partial charge in [-0.3, -0.25) is 4.90 Å². The molecule has 1 saturated heterocycles. The van der Waals surface area contributed by atoms with Crippen LogP contribution < -0.4 is 5.32 Å². The van der Waals surface area contributed by atoms with Gasteiger partial charge in [-0.15, -0.1) is 0 Å².